The van der Waals surface area contributed by atoms with Gasteiger partial charge >= 0.3 is 0 Å². The van der Waals surface area contributed by atoms with Crippen LogP contribution in [0.4, 0.5) is 4.39 Å². The van der Waals surface area contributed by atoms with E-state index >= 15 is 0 Å². The summed E-state index contributed by atoms with van der Waals surface area (Å²) in [6.07, 6.45) is 0. The molecular formula is C6H6ClFN2O2S. The van der Waals surface area contributed by atoms with Crippen LogP contribution in [0.15, 0.2) is 23.1 Å². The van der Waals surface area contributed by atoms with Crippen molar-refractivity contribution in [2.75, 3.05) is 0 Å². The van der Waals surface area contributed by atoms with Crippen molar-refractivity contribution >= 4 is 21.6 Å². The Morgan fingerprint density at radius 2 is 2.08 bits per heavy atom. The predicted octanol–water partition coefficient (Wildman–Crippen LogP) is 0.631. The molecular weight excluding hydrogens is 219 g/mol. The van der Waals surface area contributed by atoms with Crippen LogP contribution in [0, 0.1) is 5.82 Å². The van der Waals surface area contributed by atoms with Crippen LogP contribution in [0.25, 0.3) is 0 Å². The molecule has 0 aliphatic heterocycles. The van der Waals surface area contributed by atoms with Crippen molar-refractivity contribution in [2.24, 2.45) is 5.84 Å². The number of nitrogens with one attached hydrogen (secondary N) is 1. The highest BCUT2D eigenvalue weighted by Crippen LogP contribution is 2.21. The molecule has 72 valence electrons. The number of benzene rings is 1. The maximum atomic E-state index is 12.5. The van der Waals surface area contributed by atoms with Crippen molar-refractivity contribution in [3.8, 4) is 0 Å². The summed E-state index contributed by atoms with van der Waals surface area (Å²) in [4.78, 5) is 1.33. The van der Waals surface area contributed by atoms with Crippen molar-refractivity contribution in [3.63, 3.8) is 0 Å². The van der Waals surface area contributed by atoms with E-state index in [2.05, 4.69) is 0 Å². The third-order valence-corrected chi connectivity index (χ3v) is 3.01. The van der Waals surface area contributed by atoms with Gasteiger partial charge in [0.25, 0.3) is 10.0 Å². The summed E-state index contributed by atoms with van der Waals surface area (Å²) in [7, 11) is -3.82. The molecule has 1 aromatic rings. The number of sulfonamides is 1. The molecule has 4 nitrogen and oxygen atoms in total. The Hall–Kier alpha value is -0.690. The molecule has 0 atom stereocenters. The Morgan fingerprint density at radius 3 is 2.54 bits per heavy atom. The molecule has 1 aromatic carbocycles. The van der Waals surface area contributed by atoms with Crippen LogP contribution in [0.5, 0.6) is 0 Å². The Kier molecular flexibility index (Phi) is 2.87. The van der Waals surface area contributed by atoms with Crippen molar-refractivity contribution in [1.29, 1.82) is 0 Å². The van der Waals surface area contributed by atoms with Crippen LogP contribution in [0.1, 0.15) is 0 Å². The average Bonchev–Trinajstić information content (AvgIpc) is 2.03. The zero-order valence-electron chi connectivity index (χ0n) is 6.29. The molecule has 0 amide bonds. The molecule has 0 aliphatic rings. The molecule has 0 bridgehead atoms. The first-order chi connectivity index (χ1) is 5.97. The summed E-state index contributed by atoms with van der Waals surface area (Å²) in [6.45, 7) is 0. The van der Waals surface area contributed by atoms with Crippen LogP contribution in [-0.2, 0) is 10.0 Å². The van der Waals surface area contributed by atoms with E-state index in [-0.39, 0.29) is 9.92 Å². The first kappa shape index (κ1) is 10.4. The van der Waals surface area contributed by atoms with Crippen LogP contribution < -0.4 is 10.7 Å². The van der Waals surface area contributed by atoms with Crippen LogP contribution in [0.3, 0.4) is 0 Å². The monoisotopic (exact) mass is 224 g/mol. The quantitative estimate of drug-likeness (QED) is 0.572. The maximum Gasteiger partial charge on any atom is 0.254 e. The van der Waals surface area contributed by atoms with E-state index in [4.69, 9.17) is 17.4 Å². The highest BCUT2D eigenvalue weighted by atomic mass is 35.5. The summed E-state index contributed by atoms with van der Waals surface area (Å²) in [5, 5.41) is -0.210. The highest BCUT2D eigenvalue weighted by molar-refractivity contribution is 7.89. The van der Waals surface area contributed by atoms with Gasteiger partial charge in [-0.15, -0.1) is 0 Å². The summed E-state index contributed by atoms with van der Waals surface area (Å²) in [6, 6.07) is 2.91. The minimum atomic E-state index is -3.82. The zero-order valence-corrected chi connectivity index (χ0v) is 7.86. The van der Waals surface area contributed by atoms with Crippen molar-refractivity contribution in [3.05, 3.63) is 29.0 Å². The Morgan fingerprint density at radius 1 is 1.46 bits per heavy atom. The van der Waals surface area contributed by atoms with Crippen LogP contribution >= 0.6 is 11.6 Å². The van der Waals surface area contributed by atoms with Gasteiger partial charge in [0, 0.05) is 0 Å². The summed E-state index contributed by atoms with van der Waals surface area (Å²) >= 11 is 5.48. The number of hydrazine groups is 1. The molecule has 0 radical (unpaired) electrons. The number of nitrogens with two attached hydrogens (primary N) is 1. The topological polar surface area (TPSA) is 72.2 Å². The molecule has 13 heavy (non-hydrogen) atoms. The highest BCUT2D eigenvalue weighted by Gasteiger charge is 2.15. The molecule has 3 N–H and O–H groups in total. The number of hydrogen-bond acceptors (Lipinski definition) is 3. The molecule has 0 saturated heterocycles. The Bertz CT molecular complexity index is 421. The average molecular weight is 225 g/mol. The van der Waals surface area contributed by atoms with Crippen molar-refractivity contribution < 1.29 is 12.8 Å². The van der Waals surface area contributed by atoms with Gasteiger partial charge in [-0.2, -0.15) is 4.83 Å². The van der Waals surface area contributed by atoms with Crippen molar-refractivity contribution in [2.45, 2.75) is 4.90 Å². The van der Waals surface area contributed by atoms with Gasteiger partial charge in [-0.25, -0.2) is 12.8 Å². The smallest absolute Gasteiger partial charge is 0.254 e. The van der Waals surface area contributed by atoms with Crippen LogP contribution in [0.2, 0.25) is 5.02 Å². The van der Waals surface area contributed by atoms with Gasteiger partial charge in [-0.05, 0) is 18.2 Å². The van der Waals surface area contributed by atoms with E-state index in [0.29, 0.717) is 0 Å². The fourth-order valence-electron chi connectivity index (χ4n) is 0.757. The lowest BCUT2D eigenvalue weighted by molar-refractivity contribution is 0.583. The minimum absolute atomic E-state index is 0.210. The largest absolute Gasteiger partial charge is 0.257 e. The molecule has 0 saturated carbocycles. The number of rotatable bonds is 2. The SMILES string of the molecule is NNS(=O)(=O)c1ccc(F)cc1Cl. The lowest BCUT2D eigenvalue weighted by atomic mass is 10.3. The van der Waals surface area contributed by atoms with Gasteiger partial charge in [-0.3, -0.25) is 5.84 Å². The third kappa shape index (κ3) is 2.16. The summed E-state index contributed by atoms with van der Waals surface area (Å²) in [5.74, 6) is 4.14. The van der Waals surface area contributed by atoms with Gasteiger partial charge in [0.05, 0.1) is 5.02 Å². The second-order valence-electron chi connectivity index (χ2n) is 2.20. The molecule has 0 aliphatic carbocycles. The fraction of sp³-hybridized carbons (Fsp3) is 0. The molecule has 0 fully saturated rings. The summed E-state index contributed by atoms with van der Waals surface area (Å²) < 4.78 is 34.7. The molecule has 0 aromatic heterocycles. The molecule has 0 spiro atoms. The van der Waals surface area contributed by atoms with E-state index < -0.39 is 15.8 Å². The molecule has 7 heteroatoms. The second-order valence-corrected chi connectivity index (χ2v) is 4.29. The van der Waals surface area contributed by atoms with Gasteiger partial charge in [0.2, 0.25) is 0 Å². The van der Waals surface area contributed by atoms with E-state index in [9.17, 15) is 12.8 Å². The Labute approximate surface area is 79.5 Å². The fourth-order valence-corrected chi connectivity index (χ4v) is 1.92. The van der Waals surface area contributed by atoms with Gasteiger partial charge in [-0.1, -0.05) is 11.6 Å². The van der Waals surface area contributed by atoms with Gasteiger partial charge < -0.3 is 0 Å². The lowest BCUT2D eigenvalue weighted by Crippen LogP contribution is -2.30. The predicted molar refractivity (Wildman–Crippen MR) is 45.9 cm³/mol. The number of hydrogen-bond donors (Lipinski definition) is 2. The number of halogens is 2. The van der Waals surface area contributed by atoms with Gasteiger partial charge in [0.1, 0.15) is 10.7 Å². The van der Waals surface area contributed by atoms with E-state index in [1.165, 1.54) is 0 Å². The molecule has 0 unspecified atom stereocenters. The molecule has 0 heterocycles. The van der Waals surface area contributed by atoms with E-state index in [1.807, 2.05) is 0 Å². The second kappa shape index (κ2) is 3.59. The third-order valence-electron chi connectivity index (χ3n) is 1.34. The zero-order chi connectivity index (χ0) is 10.1. The normalized spacial score (nSPS) is 11.6. The van der Waals surface area contributed by atoms with E-state index in [0.717, 1.165) is 18.2 Å². The lowest BCUT2D eigenvalue weighted by Gasteiger charge is -2.03. The Balaban J connectivity index is 3.33. The van der Waals surface area contributed by atoms with Crippen LogP contribution in [-0.4, -0.2) is 8.42 Å². The first-order valence-corrected chi connectivity index (χ1v) is 5.01. The maximum absolute atomic E-state index is 12.5. The van der Waals surface area contributed by atoms with Crippen molar-refractivity contribution in [1.82, 2.24) is 4.83 Å². The van der Waals surface area contributed by atoms with E-state index in [1.54, 1.807) is 4.83 Å². The standard InChI is InChI=1S/C6H6ClFN2O2S/c7-5-3-4(8)1-2-6(5)13(11,12)10-9/h1-3,10H,9H2. The molecule has 1 rings (SSSR count). The first-order valence-electron chi connectivity index (χ1n) is 3.15. The summed E-state index contributed by atoms with van der Waals surface area (Å²) in [5.41, 5.74) is 0. The van der Waals surface area contributed by atoms with Gasteiger partial charge in [0.15, 0.2) is 0 Å². The minimum Gasteiger partial charge on any atom is -0.257 e.